The number of ketones is 1. The quantitative estimate of drug-likeness (QED) is 0.625. The van der Waals surface area contributed by atoms with Gasteiger partial charge in [-0.2, -0.15) is 0 Å². The maximum absolute atomic E-state index is 11.3. The molecule has 5 heteroatoms. The average molecular weight is 226 g/mol. The SMILES string of the molecule is CCC(=O)C(C)Sc1nc(C)cc(=O)[nH]1. The van der Waals surface area contributed by atoms with Gasteiger partial charge in [0.05, 0.1) is 5.25 Å². The molecule has 0 bridgehead atoms. The summed E-state index contributed by atoms with van der Waals surface area (Å²) in [4.78, 5) is 29.2. The molecule has 4 nitrogen and oxygen atoms in total. The maximum Gasteiger partial charge on any atom is 0.251 e. The fourth-order valence-corrected chi connectivity index (χ4v) is 2.12. The summed E-state index contributed by atoms with van der Waals surface area (Å²) in [6.45, 7) is 5.40. The van der Waals surface area contributed by atoms with E-state index in [0.717, 1.165) is 0 Å². The molecular formula is C10H14N2O2S. The Morgan fingerprint density at radius 1 is 1.67 bits per heavy atom. The van der Waals surface area contributed by atoms with Crippen LogP contribution in [0.3, 0.4) is 0 Å². The number of carbonyl (C=O) groups excluding carboxylic acids is 1. The third kappa shape index (κ3) is 3.51. The van der Waals surface area contributed by atoms with E-state index in [0.29, 0.717) is 17.3 Å². The molecule has 1 unspecified atom stereocenters. The van der Waals surface area contributed by atoms with E-state index in [4.69, 9.17) is 0 Å². The normalized spacial score (nSPS) is 12.5. The van der Waals surface area contributed by atoms with Gasteiger partial charge in [-0.15, -0.1) is 0 Å². The lowest BCUT2D eigenvalue weighted by atomic mass is 10.2. The Kier molecular flexibility index (Phi) is 4.08. The van der Waals surface area contributed by atoms with Crippen LogP contribution >= 0.6 is 11.8 Å². The molecule has 1 N–H and O–H groups in total. The van der Waals surface area contributed by atoms with Crippen molar-refractivity contribution >= 4 is 17.5 Å². The molecule has 82 valence electrons. The molecule has 0 amide bonds. The second-order valence-corrected chi connectivity index (χ2v) is 4.60. The Bertz CT molecular complexity index is 414. The highest BCUT2D eigenvalue weighted by molar-refractivity contribution is 8.00. The molecular weight excluding hydrogens is 212 g/mol. The molecule has 0 aromatic carbocycles. The first-order chi connectivity index (χ1) is 7.02. The Balaban J connectivity index is 2.81. The molecule has 1 atom stereocenters. The van der Waals surface area contributed by atoms with E-state index in [1.165, 1.54) is 17.8 Å². The number of aromatic nitrogens is 2. The molecule has 0 fully saturated rings. The summed E-state index contributed by atoms with van der Waals surface area (Å²) in [5.41, 5.74) is 0.485. The number of rotatable bonds is 4. The van der Waals surface area contributed by atoms with E-state index >= 15 is 0 Å². The van der Waals surface area contributed by atoms with Crippen molar-refractivity contribution in [2.24, 2.45) is 0 Å². The van der Waals surface area contributed by atoms with E-state index in [2.05, 4.69) is 9.97 Å². The van der Waals surface area contributed by atoms with E-state index in [1.807, 2.05) is 13.8 Å². The van der Waals surface area contributed by atoms with E-state index < -0.39 is 0 Å². The maximum atomic E-state index is 11.3. The highest BCUT2D eigenvalue weighted by atomic mass is 32.2. The summed E-state index contributed by atoms with van der Waals surface area (Å²) in [5.74, 6) is 0.157. The van der Waals surface area contributed by atoms with Crippen LogP contribution in [0.4, 0.5) is 0 Å². The molecule has 0 saturated heterocycles. The number of aromatic amines is 1. The number of H-pyrrole nitrogens is 1. The summed E-state index contributed by atoms with van der Waals surface area (Å²) in [7, 11) is 0. The molecule has 0 spiro atoms. The summed E-state index contributed by atoms with van der Waals surface area (Å²) >= 11 is 1.29. The molecule has 0 saturated carbocycles. The van der Waals surface area contributed by atoms with Gasteiger partial charge in [-0.3, -0.25) is 9.59 Å². The van der Waals surface area contributed by atoms with Crippen LogP contribution in [0.15, 0.2) is 16.0 Å². The number of hydrogen-bond donors (Lipinski definition) is 1. The minimum Gasteiger partial charge on any atom is -0.301 e. The topological polar surface area (TPSA) is 62.8 Å². The van der Waals surface area contributed by atoms with Gasteiger partial charge in [-0.1, -0.05) is 18.7 Å². The lowest BCUT2D eigenvalue weighted by molar-refractivity contribution is -0.118. The van der Waals surface area contributed by atoms with Crippen LogP contribution in [0.2, 0.25) is 0 Å². The van der Waals surface area contributed by atoms with E-state index in [1.54, 1.807) is 6.92 Å². The zero-order valence-electron chi connectivity index (χ0n) is 9.03. The number of nitrogens with zero attached hydrogens (tertiary/aromatic N) is 1. The van der Waals surface area contributed by atoms with Crippen LogP contribution < -0.4 is 5.56 Å². The lowest BCUT2D eigenvalue weighted by Crippen LogP contribution is -2.14. The molecule has 1 aromatic rings. The third-order valence-electron chi connectivity index (χ3n) is 1.94. The van der Waals surface area contributed by atoms with Crippen molar-refractivity contribution in [3.05, 3.63) is 22.1 Å². The first kappa shape index (κ1) is 12.0. The van der Waals surface area contributed by atoms with E-state index in [9.17, 15) is 9.59 Å². The van der Waals surface area contributed by atoms with E-state index in [-0.39, 0.29) is 16.6 Å². The fourth-order valence-electron chi connectivity index (χ4n) is 1.13. The standard InChI is InChI=1S/C10H14N2O2S/c1-4-8(13)7(3)15-10-11-6(2)5-9(14)12-10/h5,7H,4H2,1-3H3,(H,11,12,14). The molecule has 15 heavy (non-hydrogen) atoms. The van der Waals surface area contributed by atoms with Gasteiger partial charge in [-0.05, 0) is 13.8 Å². The van der Waals surface area contributed by atoms with Gasteiger partial charge in [0.15, 0.2) is 5.16 Å². The second-order valence-electron chi connectivity index (χ2n) is 3.27. The average Bonchev–Trinajstić information content (AvgIpc) is 2.14. The first-order valence-electron chi connectivity index (χ1n) is 4.80. The summed E-state index contributed by atoms with van der Waals surface area (Å²) in [6, 6.07) is 1.43. The molecule has 1 rings (SSSR count). The number of aryl methyl sites for hydroxylation is 1. The lowest BCUT2D eigenvalue weighted by Gasteiger charge is -2.07. The number of Topliss-reactive ketones (excluding diaryl/α,β-unsaturated/α-hetero) is 1. The zero-order valence-corrected chi connectivity index (χ0v) is 9.85. The number of nitrogens with one attached hydrogen (secondary N) is 1. The van der Waals surface area contributed by atoms with Crippen LogP contribution in [0, 0.1) is 6.92 Å². The van der Waals surface area contributed by atoms with Gasteiger partial charge in [0.1, 0.15) is 5.78 Å². The van der Waals surface area contributed by atoms with Crippen molar-refractivity contribution in [1.82, 2.24) is 9.97 Å². The predicted molar refractivity (Wildman–Crippen MR) is 60.2 cm³/mol. The Morgan fingerprint density at radius 2 is 2.33 bits per heavy atom. The summed E-state index contributed by atoms with van der Waals surface area (Å²) < 4.78 is 0. The van der Waals surface area contributed by atoms with Crippen LogP contribution in [0.5, 0.6) is 0 Å². The zero-order chi connectivity index (χ0) is 11.4. The van der Waals surface area contributed by atoms with Crippen molar-refractivity contribution < 1.29 is 4.79 Å². The molecule has 0 radical (unpaired) electrons. The number of carbonyl (C=O) groups is 1. The summed E-state index contributed by atoms with van der Waals surface area (Å²) in [5, 5.41) is 0.342. The molecule has 0 aliphatic heterocycles. The van der Waals surface area contributed by atoms with Gasteiger partial charge in [0, 0.05) is 18.2 Å². The smallest absolute Gasteiger partial charge is 0.251 e. The Labute approximate surface area is 92.5 Å². The van der Waals surface area contributed by atoms with Gasteiger partial charge < -0.3 is 4.98 Å². The largest absolute Gasteiger partial charge is 0.301 e. The highest BCUT2D eigenvalue weighted by Gasteiger charge is 2.13. The monoisotopic (exact) mass is 226 g/mol. The van der Waals surface area contributed by atoms with Crippen molar-refractivity contribution in [3.63, 3.8) is 0 Å². The van der Waals surface area contributed by atoms with Crippen LogP contribution in [0.1, 0.15) is 26.0 Å². The fraction of sp³-hybridized carbons (Fsp3) is 0.500. The van der Waals surface area contributed by atoms with Gasteiger partial charge in [-0.25, -0.2) is 4.98 Å². The summed E-state index contributed by atoms with van der Waals surface area (Å²) in [6.07, 6.45) is 0.504. The minimum absolute atomic E-state index is 0.157. The van der Waals surface area contributed by atoms with Crippen molar-refractivity contribution in [2.45, 2.75) is 37.6 Å². The number of thioether (sulfide) groups is 1. The van der Waals surface area contributed by atoms with Crippen molar-refractivity contribution in [3.8, 4) is 0 Å². The number of hydrogen-bond acceptors (Lipinski definition) is 4. The Morgan fingerprint density at radius 3 is 2.87 bits per heavy atom. The molecule has 1 aromatic heterocycles. The third-order valence-corrected chi connectivity index (χ3v) is 2.97. The second kappa shape index (κ2) is 5.11. The molecule has 0 aliphatic carbocycles. The van der Waals surface area contributed by atoms with Crippen LogP contribution in [0.25, 0.3) is 0 Å². The Hall–Kier alpha value is -1.10. The van der Waals surface area contributed by atoms with Crippen LogP contribution in [-0.2, 0) is 4.79 Å². The highest BCUT2D eigenvalue weighted by Crippen LogP contribution is 2.19. The predicted octanol–water partition coefficient (Wildman–Crippen LogP) is 1.54. The van der Waals surface area contributed by atoms with Crippen molar-refractivity contribution in [2.75, 3.05) is 0 Å². The van der Waals surface area contributed by atoms with Gasteiger partial charge in [0.2, 0.25) is 0 Å². The van der Waals surface area contributed by atoms with Crippen LogP contribution in [-0.4, -0.2) is 21.0 Å². The van der Waals surface area contributed by atoms with Gasteiger partial charge >= 0.3 is 0 Å². The first-order valence-corrected chi connectivity index (χ1v) is 5.68. The molecule has 0 aliphatic rings. The van der Waals surface area contributed by atoms with Gasteiger partial charge in [0.25, 0.3) is 5.56 Å². The van der Waals surface area contributed by atoms with Crippen molar-refractivity contribution in [1.29, 1.82) is 0 Å². The molecule has 1 heterocycles. The minimum atomic E-state index is -0.179.